The van der Waals surface area contributed by atoms with E-state index >= 15 is 0 Å². The van der Waals surface area contributed by atoms with Gasteiger partial charge in [0.15, 0.2) is 0 Å². The van der Waals surface area contributed by atoms with Crippen LogP contribution in [0.15, 0.2) is 22.7 Å². The van der Waals surface area contributed by atoms with E-state index in [1.807, 2.05) is 13.0 Å². The number of nitriles is 1. The normalized spacial score (nSPS) is 12.1. The van der Waals surface area contributed by atoms with Crippen LogP contribution in [0.5, 0.6) is 0 Å². The maximum Gasteiger partial charge on any atom is 0.266 e. The molecule has 0 aromatic carbocycles. The molecule has 2 rings (SSSR count). The number of halogens is 1. The molecule has 5 nitrogen and oxygen atoms in total. The molecule has 0 saturated heterocycles. The largest absolute Gasteiger partial charge is 0.418 e. The second kappa shape index (κ2) is 5.06. The Morgan fingerprint density at radius 3 is 2.88 bits per heavy atom. The zero-order valence-electron chi connectivity index (χ0n) is 9.09. The van der Waals surface area contributed by atoms with Crippen LogP contribution in [-0.4, -0.2) is 15.2 Å². The third-order valence-corrected chi connectivity index (χ3v) is 3.22. The summed E-state index contributed by atoms with van der Waals surface area (Å²) in [5, 5.41) is 16.5. The molecule has 0 aliphatic rings. The van der Waals surface area contributed by atoms with Gasteiger partial charge in [0.05, 0.1) is 10.4 Å². The van der Waals surface area contributed by atoms with Crippen LogP contribution in [0, 0.1) is 11.3 Å². The van der Waals surface area contributed by atoms with Crippen LogP contribution in [0.1, 0.15) is 29.6 Å². The van der Waals surface area contributed by atoms with E-state index in [9.17, 15) is 0 Å². The van der Waals surface area contributed by atoms with Crippen molar-refractivity contribution in [3.05, 3.63) is 29.8 Å². The zero-order chi connectivity index (χ0) is 12.3. The molecule has 2 aromatic heterocycles. The number of alkyl halides is 1. The lowest BCUT2D eigenvalue weighted by Gasteiger charge is -1.98. The molecule has 86 valence electrons. The molecule has 0 aliphatic heterocycles. The van der Waals surface area contributed by atoms with E-state index in [4.69, 9.17) is 9.68 Å². The summed E-state index contributed by atoms with van der Waals surface area (Å²) in [6, 6.07) is 5.35. The third-order valence-electron chi connectivity index (χ3n) is 2.18. The van der Waals surface area contributed by atoms with Gasteiger partial charge in [-0.15, -0.1) is 10.2 Å². The minimum atomic E-state index is 0.0575. The molecule has 0 aliphatic carbocycles. The summed E-state index contributed by atoms with van der Waals surface area (Å²) < 4.78 is 5.48. The van der Waals surface area contributed by atoms with E-state index in [1.165, 1.54) is 6.20 Å². The number of hydrogen-bond acceptors (Lipinski definition) is 5. The summed E-state index contributed by atoms with van der Waals surface area (Å²) in [5.74, 6) is 0.899. The Balaban J connectivity index is 2.28. The Morgan fingerprint density at radius 2 is 2.29 bits per heavy atom. The maximum atomic E-state index is 8.66. The van der Waals surface area contributed by atoms with Crippen LogP contribution in [0.25, 0.3) is 11.6 Å². The van der Waals surface area contributed by atoms with Crippen molar-refractivity contribution in [2.75, 3.05) is 0 Å². The van der Waals surface area contributed by atoms with Gasteiger partial charge in [0.2, 0.25) is 5.89 Å². The highest BCUT2D eigenvalue weighted by molar-refractivity contribution is 9.09. The topological polar surface area (TPSA) is 75.6 Å². The van der Waals surface area contributed by atoms with E-state index < -0.39 is 0 Å². The van der Waals surface area contributed by atoms with Crippen LogP contribution >= 0.6 is 15.9 Å². The van der Waals surface area contributed by atoms with Crippen molar-refractivity contribution in [3.63, 3.8) is 0 Å². The van der Waals surface area contributed by atoms with Crippen LogP contribution in [0.4, 0.5) is 0 Å². The summed E-state index contributed by atoms with van der Waals surface area (Å²) in [6.07, 6.45) is 2.34. The van der Waals surface area contributed by atoms with Crippen molar-refractivity contribution >= 4 is 15.9 Å². The van der Waals surface area contributed by atoms with Gasteiger partial charge >= 0.3 is 0 Å². The van der Waals surface area contributed by atoms with E-state index in [0.29, 0.717) is 23.0 Å². The van der Waals surface area contributed by atoms with Gasteiger partial charge in [-0.1, -0.05) is 22.9 Å². The number of nitrogens with zero attached hydrogens (tertiary/aromatic N) is 4. The molecular weight excluding hydrogens is 284 g/mol. The second-order valence-electron chi connectivity index (χ2n) is 3.37. The van der Waals surface area contributed by atoms with Gasteiger partial charge in [-0.25, -0.2) is 4.98 Å². The highest BCUT2D eigenvalue weighted by atomic mass is 79.9. The van der Waals surface area contributed by atoms with Crippen molar-refractivity contribution in [1.29, 1.82) is 5.26 Å². The molecule has 0 bridgehead atoms. The molecule has 0 saturated carbocycles. The van der Waals surface area contributed by atoms with Crippen LogP contribution < -0.4 is 0 Å². The first kappa shape index (κ1) is 11.7. The van der Waals surface area contributed by atoms with Crippen molar-refractivity contribution in [3.8, 4) is 17.7 Å². The molecule has 17 heavy (non-hydrogen) atoms. The van der Waals surface area contributed by atoms with Crippen molar-refractivity contribution < 1.29 is 4.42 Å². The SMILES string of the molecule is CCC(Br)c1nnc(-c2ccc(C#N)cn2)o1. The number of rotatable bonds is 3. The summed E-state index contributed by atoms with van der Waals surface area (Å²) in [4.78, 5) is 4.14. The lowest BCUT2D eigenvalue weighted by Crippen LogP contribution is -1.86. The number of pyridine rings is 1. The van der Waals surface area contributed by atoms with Gasteiger partial charge in [0.1, 0.15) is 11.8 Å². The monoisotopic (exact) mass is 292 g/mol. The fraction of sp³-hybridized carbons (Fsp3) is 0.273. The molecule has 1 unspecified atom stereocenters. The summed E-state index contributed by atoms with van der Waals surface area (Å²) in [7, 11) is 0. The standard InChI is InChI=1S/C11H9BrN4O/c1-2-8(12)10-15-16-11(17-10)9-4-3-7(5-13)6-14-9/h3-4,6,8H,2H2,1H3. The van der Waals surface area contributed by atoms with Crippen LogP contribution in [0.2, 0.25) is 0 Å². The molecule has 1 atom stereocenters. The highest BCUT2D eigenvalue weighted by Gasteiger charge is 2.15. The summed E-state index contributed by atoms with van der Waals surface area (Å²) in [5.41, 5.74) is 1.07. The van der Waals surface area contributed by atoms with Gasteiger partial charge < -0.3 is 4.42 Å². The maximum absolute atomic E-state index is 8.66. The van der Waals surface area contributed by atoms with Gasteiger partial charge in [0.25, 0.3) is 5.89 Å². The molecule has 6 heteroatoms. The van der Waals surface area contributed by atoms with Crippen LogP contribution in [-0.2, 0) is 0 Å². The Kier molecular flexibility index (Phi) is 3.49. The smallest absolute Gasteiger partial charge is 0.266 e. The summed E-state index contributed by atoms with van der Waals surface area (Å²) in [6.45, 7) is 2.02. The fourth-order valence-electron chi connectivity index (χ4n) is 1.23. The zero-order valence-corrected chi connectivity index (χ0v) is 10.7. The Labute approximate surface area is 107 Å². The minimum Gasteiger partial charge on any atom is -0.418 e. The Bertz CT molecular complexity index is 543. The van der Waals surface area contributed by atoms with E-state index in [2.05, 4.69) is 31.1 Å². The quantitative estimate of drug-likeness (QED) is 0.813. The van der Waals surface area contributed by atoms with Gasteiger partial charge in [-0.05, 0) is 18.6 Å². The van der Waals surface area contributed by atoms with Crippen molar-refractivity contribution in [1.82, 2.24) is 15.2 Å². The van der Waals surface area contributed by atoms with E-state index in [1.54, 1.807) is 12.1 Å². The third kappa shape index (κ3) is 2.50. The molecule has 2 heterocycles. The lowest BCUT2D eigenvalue weighted by atomic mass is 10.3. The van der Waals surface area contributed by atoms with Crippen molar-refractivity contribution in [2.24, 2.45) is 0 Å². The molecule has 0 amide bonds. The molecule has 0 spiro atoms. The minimum absolute atomic E-state index is 0.0575. The fourth-order valence-corrected chi connectivity index (χ4v) is 1.41. The van der Waals surface area contributed by atoms with Gasteiger partial charge in [-0.3, -0.25) is 0 Å². The number of hydrogen-bond donors (Lipinski definition) is 0. The summed E-state index contributed by atoms with van der Waals surface area (Å²) >= 11 is 3.43. The van der Waals surface area contributed by atoms with Gasteiger partial charge in [0, 0.05) is 6.20 Å². The second-order valence-corrected chi connectivity index (χ2v) is 4.47. The van der Waals surface area contributed by atoms with Gasteiger partial charge in [-0.2, -0.15) is 5.26 Å². The number of aromatic nitrogens is 3. The molecule has 0 fully saturated rings. The first-order chi connectivity index (χ1) is 8.24. The van der Waals surface area contributed by atoms with E-state index in [0.717, 1.165) is 6.42 Å². The van der Waals surface area contributed by atoms with E-state index in [-0.39, 0.29) is 4.83 Å². The van der Waals surface area contributed by atoms with Crippen LogP contribution in [0.3, 0.4) is 0 Å². The van der Waals surface area contributed by atoms with Crippen molar-refractivity contribution in [2.45, 2.75) is 18.2 Å². The predicted molar refractivity (Wildman–Crippen MR) is 64.2 cm³/mol. The highest BCUT2D eigenvalue weighted by Crippen LogP contribution is 2.26. The molecule has 0 N–H and O–H groups in total. The Morgan fingerprint density at radius 1 is 1.47 bits per heavy atom. The first-order valence-corrected chi connectivity index (χ1v) is 6.00. The lowest BCUT2D eigenvalue weighted by molar-refractivity contribution is 0.499. The molecule has 0 radical (unpaired) electrons. The first-order valence-electron chi connectivity index (χ1n) is 5.08. The Hall–Kier alpha value is -1.74. The molecular formula is C11H9BrN4O. The predicted octanol–water partition coefficient (Wildman–Crippen LogP) is 2.85. The molecule has 2 aromatic rings. The average molecular weight is 293 g/mol. The average Bonchev–Trinajstić information content (AvgIpc) is 2.87.